The van der Waals surface area contributed by atoms with E-state index in [2.05, 4.69) is 22.0 Å². The number of halogens is 1. The van der Waals surface area contributed by atoms with Crippen LogP contribution in [0.5, 0.6) is 11.5 Å². The van der Waals surface area contributed by atoms with Crippen molar-refractivity contribution in [3.63, 3.8) is 0 Å². The lowest BCUT2D eigenvalue weighted by Crippen LogP contribution is -2.39. The van der Waals surface area contributed by atoms with Crippen LogP contribution in [-0.2, 0) is 16.1 Å². The zero-order valence-electron chi connectivity index (χ0n) is 24.7. The van der Waals surface area contributed by atoms with Crippen molar-refractivity contribution in [3.05, 3.63) is 141 Å². The first-order chi connectivity index (χ1) is 22.4. The van der Waals surface area contributed by atoms with Gasteiger partial charge in [0.25, 0.3) is 5.56 Å². The number of carbonyl (C=O) groups is 1. The van der Waals surface area contributed by atoms with E-state index >= 15 is 0 Å². The van der Waals surface area contributed by atoms with Crippen molar-refractivity contribution < 1.29 is 19.0 Å². The second-order valence-electron chi connectivity index (χ2n) is 10.1. The summed E-state index contributed by atoms with van der Waals surface area (Å²) < 4.78 is 19.9. The number of hydrogen-bond donors (Lipinski definition) is 0. The fraction of sp³-hybridized carbons (Fsp3) is 0.143. The Hall–Kier alpha value is -4.76. The molecule has 5 aromatic rings. The van der Waals surface area contributed by atoms with Crippen molar-refractivity contribution in [1.29, 1.82) is 5.26 Å². The van der Waals surface area contributed by atoms with Crippen LogP contribution in [0.2, 0.25) is 0 Å². The van der Waals surface area contributed by atoms with E-state index in [4.69, 9.17) is 24.5 Å². The van der Waals surface area contributed by atoms with E-state index in [9.17, 15) is 9.59 Å². The molecule has 3 heterocycles. The second-order valence-corrected chi connectivity index (χ2v) is 12.9. The van der Waals surface area contributed by atoms with Gasteiger partial charge in [0, 0.05) is 10.4 Å². The molecule has 0 N–H and O–H groups in total. The van der Waals surface area contributed by atoms with Gasteiger partial charge in [0.2, 0.25) is 0 Å². The summed E-state index contributed by atoms with van der Waals surface area (Å²) >= 11 is 6.33. The number of methoxy groups -OCH3 is 1. The smallest absolute Gasteiger partial charge is 0.338 e. The lowest BCUT2D eigenvalue weighted by atomic mass is 9.97. The zero-order chi connectivity index (χ0) is 32.2. The van der Waals surface area contributed by atoms with Crippen LogP contribution < -0.4 is 24.4 Å². The monoisotopic (exact) mass is 711 g/mol. The van der Waals surface area contributed by atoms with Gasteiger partial charge in [-0.15, -0.1) is 11.3 Å². The van der Waals surface area contributed by atoms with E-state index in [0.717, 1.165) is 16.0 Å². The lowest BCUT2D eigenvalue weighted by Gasteiger charge is -2.24. The predicted octanol–water partition coefficient (Wildman–Crippen LogP) is 6.22. The number of esters is 1. The Labute approximate surface area is 280 Å². The number of nitriles is 1. The Balaban J connectivity index is 1.44. The average molecular weight is 713 g/mol. The van der Waals surface area contributed by atoms with Crippen LogP contribution in [0.15, 0.2) is 104 Å². The zero-order valence-corrected chi connectivity index (χ0v) is 27.9. The number of thiazole rings is 1. The van der Waals surface area contributed by atoms with Gasteiger partial charge in [0.05, 0.1) is 45.6 Å². The third-order valence-corrected chi connectivity index (χ3v) is 9.70. The van der Waals surface area contributed by atoms with Crippen LogP contribution in [0.25, 0.3) is 11.8 Å². The summed E-state index contributed by atoms with van der Waals surface area (Å²) in [7, 11) is 1.55. The molecule has 0 aliphatic carbocycles. The maximum Gasteiger partial charge on any atom is 0.338 e. The molecule has 230 valence electrons. The molecule has 1 aliphatic heterocycles. The highest BCUT2D eigenvalue weighted by Crippen LogP contribution is 2.38. The normalized spacial score (nSPS) is 14.3. The third-order valence-electron chi connectivity index (χ3n) is 7.20. The Morgan fingerprint density at radius 3 is 2.57 bits per heavy atom. The van der Waals surface area contributed by atoms with Gasteiger partial charge in [-0.1, -0.05) is 59.9 Å². The maximum atomic E-state index is 14.1. The Morgan fingerprint density at radius 1 is 1.11 bits per heavy atom. The first-order valence-corrected chi connectivity index (χ1v) is 16.7. The third kappa shape index (κ3) is 6.20. The van der Waals surface area contributed by atoms with E-state index in [1.165, 1.54) is 22.7 Å². The minimum atomic E-state index is -0.702. The van der Waals surface area contributed by atoms with Gasteiger partial charge < -0.3 is 14.2 Å². The number of ether oxygens (including phenoxy) is 3. The molecule has 0 saturated carbocycles. The summed E-state index contributed by atoms with van der Waals surface area (Å²) in [4.78, 5) is 33.8. The van der Waals surface area contributed by atoms with Crippen molar-refractivity contribution >= 4 is 56.3 Å². The number of carbonyl (C=O) groups excluding carboxylic acids is 1. The van der Waals surface area contributed by atoms with E-state index in [1.54, 1.807) is 42.9 Å². The molecular weight excluding hydrogens is 686 g/mol. The van der Waals surface area contributed by atoms with Gasteiger partial charge in [-0.25, -0.2) is 9.79 Å². The number of hydrogen-bond acceptors (Lipinski definition) is 9. The minimum absolute atomic E-state index is 0.190. The topological polar surface area (TPSA) is 103 Å². The molecule has 0 spiro atoms. The van der Waals surface area contributed by atoms with Gasteiger partial charge in [-0.05, 0) is 75.8 Å². The second kappa shape index (κ2) is 13.7. The summed E-state index contributed by atoms with van der Waals surface area (Å²) in [6.07, 6.45) is 1.78. The summed E-state index contributed by atoms with van der Waals surface area (Å²) in [5.74, 6) is 0.479. The molecule has 0 radical (unpaired) electrons. The van der Waals surface area contributed by atoms with Gasteiger partial charge in [-0.3, -0.25) is 9.36 Å². The number of nitrogens with zero attached hydrogens (tertiary/aromatic N) is 3. The molecule has 1 atom stereocenters. The molecule has 8 nitrogen and oxygen atoms in total. The highest BCUT2D eigenvalue weighted by atomic mass is 79.9. The fourth-order valence-corrected chi connectivity index (χ4v) is 7.50. The SMILES string of the molecule is CCOC(=O)C1=C(c2ccccc2)N=c2s/c(=C\c3cc(Br)c(OCc4ccc(C#N)cc4)c(OC)c3)c(=O)n2[C@H]1c1cccs1. The van der Waals surface area contributed by atoms with Crippen LogP contribution in [0.3, 0.4) is 0 Å². The van der Waals surface area contributed by atoms with Gasteiger partial charge in [0.1, 0.15) is 12.6 Å². The summed E-state index contributed by atoms with van der Waals surface area (Å²) in [6, 6.07) is 25.5. The van der Waals surface area contributed by atoms with E-state index in [1.807, 2.05) is 66.0 Å². The van der Waals surface area contributed by atoms with Crippen LogP contribution in [-0.4, -0.2) is 24.3 Å². The molecule has 0 fully saturated rings. The lowest BCUT2D eigenvalue weighted by molar-refractivity contribution is -0.138. The average Bonchev–Trinajstić information content (AvgIpc) is 3.72. The summed E-state index contributed by atoms with van der Waals surface area (Å²) in [5.41, 5.74) is 3.48. The maximum absolute atomic E-state index is 14.1. The first-order valence-electron chi connectivity index (χ1n) is 14.2. The Kier molecular flexibility index (Phi) is 9.30. The van der Waals surface area contributed by atoms with E-state index in [0.29, 0.717) is 47.7 Å². The number of rotatable bonds is 9. The van der Waals surface area contributed by atoms with Crippen molar-refractivity contribution in [2.75, 3.05) is 13.7 Å². The first kappa shape index (κ1) is 31.2. The van der Waals surface area contributed by atoms with Crippen LogP contribution in [0.4, 0.5) is 0 Å². The number of fused-ring (bicyclic) bond motifs is 1. The molecule has 2 aromatic heterocycles. The molecule has 0 amide bonds. The van der Waals surface area contributed by atoms with Gasteiger partial charge in [-0.2, -0.15) is 5.26 Å². The van der Waals surface area contributed by atoms with Crippen LogP contribution in [0, 0.1) is 11.3 Å². The molecular formula is C35H26BrN3O5S2. The molecule has 3 aromatic carbocycles. The Morgan fingerprint density at radius 2 is 1.89 bits per heavy atom. The summed E-state index contributed by atoms with van der Waals surface area (Å²) in [5, 5.41) is 11.0. The fourth-order valence-electron chi connectivity index (χ4n) is 5.10. The number of aromatic nitrogens is 1. The van der Waals surface area contributed by atoms with E-state index in [-0.39, 0.29) is 18.8 Å². The van der Waals surface area contributed by atoms with Crippen LogP contribution >= 0.6 is 38.6 Å². The summed E-state index contributed by atoms with van der Waals surface area (Å²) in [6.45, 7) is 2.22. The van der Waals surface area contributed by atoms with Crippen molar-refractivity contribution in [2.45, 2.75) is 19.6 Å². The quantitative estimate of drug-likeness (QED) is 0.168. The Bertz CT molecular complexity index is 2160. The highest BCUT2D eigenvalue weighted by molar-refractivity contribution is 9.10. The minimum Gasteiger partial charge on any atom is -0.493 e. The molecule has 6 rings (SSSR count). The largest absolute Gasteiger partial charge is 0.493 e. The number of thiophene rings is 1. The van der Waals surface area contributed by atoms with Crippen molar-refractivity contribution in [3.8, 4) is 17.6 Å². The molecule has 0 unspecified atom stereocenters. The van der Waals surface area contributed by atoms with Crippen LogP contribution in [0.1, 0.15) is 40.1 Å². The van der Waals surface area contributed by atoms with Gasteiger partial charge >= 0.3 is 5.97 Å². The standard InChI is InChI=1S/C35H26BrN3O5S2/c1-3-43-34(41)29-30(24-8-5-4-6-9-24)38-35-39(31(29)27-10-7-15-45-27)33(40)28(46-35)18-23-16-25(36)32(26(17-23)42-2)44-20-22-13-11-21(19-37)12-14-22/h4-18,31H,3,20H2,1-2H3/b28-18-/t31-/m0/s1. The molecule has 0 saturated heterocycles. The van der Waals surface area contributed by atoms with Crippen molar-refractivity contribution in [2.24, 2.45) is 4.99 Å². The van der Waals surface area contributed by atoms with Crippen molar-refractivity contribution in [1.82, 2.24) is 4.57 Å². The molecule has 1 aliphatic rings. The number of benzene rings is 3. The predicted molar refractivity (Wildman–Crippen MR) is 182 cm³/mol. The van der Waals surface area contributed by atoms with Gasteiger partial charge in [0.15, 0.2) is 16.3 Å². The molecule has 46 heavy (non-hydrogen) atoms. The molecule has 0 bridgehead atoms. The highest BCUT2D eigenvalue weighted by Gasteiger charge is 2.35. The van der Waals surface area contributed by atoms with E-state index < -0.39 is 12.0 Å². The molecule has 11 heteroatoms.